The predicted octanol–water partition coefficient (Wildman–Crippen LogP) is 4.90. The molecule has 0 saturated carbocycles. The average Bonchev–Trinajstić information content (AvgIpc) is 3.00. The van der Waals surface area contributed by atoms with Crippen LogP contribution in [0.5, 0.6) is 11.5 Å². The monoisotopic (exact) mass is 525 g/mol. The topological polar surface area (TPSA) is 82.1 Å². The van der Waals surface area contributed by atoms with Crippen molar-refractivity contribution in [2.24, 2.45) is 0 Å². The van der Waals surface area contributed by atoms with Crippen molar-refractivity contribution in [1.82, 2.24) is 4.90 Å². The van der Waals surface area contributed by atoms with Crippen molar-refractivity contribution in [1.29, 1.82) is 0 Å². The number of benzene rings is 2. The van der Waals surface area contributed by atoms with Crippen LogP contribution >= 0.6 is 39.3 Å². The fraction of sp³-hybridized carbons (Fsp3) is 0.190. The highest BCUT2D eigenvalue weighted by Gasteiger charge is 2.36. The highest BCUT2D eigenvalue weighted by atomic mass is 79.9. The van der Waals surface area contributed by atoms with E-state index < -0.39 is 23.7 Å². The molecule has 2 aromatic carbocycles. The van der Waals surface area contributed by atoms with Gasteiger partial charge in [-0.25, -0.2) is 0 Å². The van der Waals surface area contributed by atoms with Gasteiger partial charge in [-0.05, 0) is 57.5 Å². The predicted molar refractivity (Wildman–Crippen MR) is 121 cm³/mol. The number of ether oxygens (including phenoxy) is 3. The molecule has 31 heavy (non-hydrogen) atoms. The largest absolute Gasteiger partial charge is 0.493 e. The summed E-state index contributed by atoms with van der Waals surface area (Å²) >= 11 is 10.4. The van der Waals surface area contributed by atoms with Gasteiger partial charge in [-0.2, -0.15) is 0 Å². The molecule has 3 rings (SSSR count). The smallest absolute Gasteiger partial charge is 0.325 e. The molecule has 0 radical (unpaired) electrons. The van der Waals surface area contributed by atoms with Crippen molar-refractivity contribution >= 4 is 62.5 Å². The van der Waals surface area contributed by atoms with Gasteiger partial charge in [0, 0.05) is 10.6 Å². The second-order valence-electron chi connectivity index (χ2n) is 6.26. The second kappa shape index (κ2) is 10.2. The minimum Gasteiger partial charge on any atom is -0.493 e. The van der Waals surface area contributed by atoms with E-state index in [9.17, 15) is 14.4 Å². The summed E-state index contributed by atoms with van der Waals surface area (Å²) in [5.74, 6) is -0.331. The van der Waals surface area contributed by atoms with E-state index in [1.807, 2.05) is 18.2 Å². The summed E-state index contributed by atoms with van der Waals surface area (Å²) in [5.41, 5.74) is 1.43. The number of nitrogens with zero attached hydrogens (tertiary/aromatic N) is 1. The van der Waals surface area contributed by atoms with Crippen LogP contribution in [-0.4, -0.2) is 42.8 Å². The van der Waals surface area contributed by atoms with Gasteiger partial charge in [-0.15, -0.1) is 0 Å². The molecule has 0 aromatic heterocycles. The Bertz CT molecular complexity index is 1070. The van der Waals surface area contributed by atoms with Gasteiger partial charge in [0.05, 0.1) is 23.6 Å². The number of carbonyl (C=O) groups is 3. The lowest BCUT2D eigenvalue weighted by molar-refractivity contribution is -0.143. The molecule has 0 atom stereocenters. The number of rotatable bonds is 7. The maximum Gasteiger partial charge on any atom is 0.325 e. The first kappa shape index (κ1) is 23.2. The second-order valence-corrected chi connectivity index (χ2v) is 8.51. The molecule has 0 spiro atoms. The Morgan fingerprint density at radius 1 is 1.23 bits per heavy atom. The normalized spacial score (nSPS) is 14.8. The Balaban J connectivity index is 1.83. The van der Waals surface area contributed by atoms with E-state index >= 15 is 0 Å². The molecule has 0 unspecified atom stereocenters. The van der Waals surface area contributed by atoms with E-state index in [1.54, 1.807) is 24.3 Å². The number of thioether (sulfide) groups is 1. The van der Waals surface area contributed by atoms with Crippen molar-refractivity contribution in [3.05, 3.63) is 61.9 Å². The molecule has 10 heteroatoms. The first-order valence-electron chi connectivity index (χ1n) is 8.90. The van der Waals surface area contributed by atoms with Gasteiger partial charge in [-0.3, -0.25) is 19.3 Å². The molecule has 7 nitrogen and oxygen atoms in total. The van der Waals surface area contributed by atoms with E-state index in [2.05, 4.69) is 20.7 Å². The summed E-state index contributed by atoms with van der Waals surface area (Å²) < 4.78 is 16.5. The lowest BCUT2D eigenvalue weighted by Crippen LogP contribution is -2.34. The first-order chi connectivity index (χ1) is 14.8. The first-order valence-corrected chi connectivity index (χ1v) is 10.9. The lowest BCUT2D eigenvalue weighted by Gasteiger charge is -2.14. The van der Waals surface area contributed by atoms with Crippen LogP contribution in [0.15, 0.2) is 45.8 Å². The van der Waals surface area contributed by atoms with Crippen LogP contribution in [0.1, 0.15) is 11.1 Å². The minimum atomic E-state index is -0.673. The zero-order valence-corrected chi connectivity index (χ0v) is 19.7. The summed E-state index contributed by atoms with van der Waals surface area (Å²) in [7, 11) is 2.69. The molecule has 1 fully saturated rings. The van der Waals surface area contributed by atoms with Crippen LogP contribution in [0.25, 0.3) is 6.08 Å². The van der Waals surface area contributed by atoms with Crippen LogP contribution < -0.4 is 9.47 Å². The molecule has 0 aliphatic carbocycles. The molecule has 1 aliphatic heterocycles. The van der Waals surface area contributed by atoms with Crippen LogP contribution in [-0.2, 0) is 20.9 Å². The molecule has 2 aromatic rings. The van der Waals surface area contributed by atoms with Gasteiger partial charge in [0.15, 0.2) is 11.5 Å². The summed E-state index contributed by atoms with van der Waals surface area (Å²) in [4.78, 5) is 37.0. The lowest BCUT2D eigenvalue weighted by atomic mass is 10.1. The Morgan fingerprint density at radius 2 is 1.97 bits per heavy atom. The molecule has 0 N–H and O–H groups in total. The Kier molecular flexibility index (Phi) is 7.64. The summed E-state index contributed by atoms with van der Waals surface area (Å²) in [6.07, 6.45) is 1.55. The summed E-state index contributed by atoms with van der Waals surface area (Å²) in [5, 5.41) is 0.0595. The van der Waals surface area contributed by atoms with Crippen molar-refractivity contribution in [2.45, 2.75) is 6.61 Å². The SMILES string of the molecule is COC(=O)CN1C(=O)S/C(=C\c2cc(Br)c(OCc3ccccc3Cl)c(OC)c2)C1=O. The molecule has 0 bridgehead atoms. The number of amides is 2. The molecule has 1 saturated heterocycles. The van der Waals surface area contributed by atoms with Crippen LogP contribution in [0.3, 0.4) is 0 Å². The zero-order valence-electron chi connectivity index (χ0n) is 16.5. The fourth-order valence-electron chi connectivity index (χ4n) is 2.71. The molecule has 1 aliphatic rings. The molecular weight excluding hydrogens is 510 g/mol. The van der Waals surface area contributed by atoms with Gasteiger partial charge in [0.25, 0.3) is 11.1 Å². The third-order valence-corrected chi connectivity index (χ3v) is 6.13. The third-order valence-electron chi connectivity index (χ3n) is 4.27. The number of hydrogen-bond donors (Lipinski definition) is 0. The fourth-order valence-corrected chi connectivity index (χ4v) is 4.31. The quantitative estimate of drug-likeness (QED) is 0.375. The van der Waals surface area contributed by atoms with Crippen molar-refractivity contribution in [2.75, 3.05) is 20.8 Å². The van der Waals surface area contributed by atoms with Crippen LogP contribution in [0, 0.1) is 0 Å². The Hall–Kier alpha value is -2.49. The van der Waals surface area contributed by atoms with Gasteiger partial charge in [0.1, 0.15) is 13.2 Å². The van der Waals surface area contributed by atoms with E-state index in [0.29, 0.717) is 26.6 Å². The van der Waals surface area contributed by atoms with Crippen molar-refractivity contribution < 1.29 is 28.6 Å². The van der Waals surface area contributed by atoms with Gasteiger partial charge in [0.2, 0.25) is 0 Å². The van der Waals surface area contributed by atoms with Crippen molar-refractivity contribution in [3.63, 3.8) is 0 Å². The van der Waals surface area contributed by atoms with Crippen LogP contribution in [0.4, 0.5) is 4.79 Å². The number of hydrogen-bond acceptors (Lipinski definition) is 7. The third kappa shape index (κ3) is 5.41. The highest BCUT2D eigenvalue weighted by Crippen LogP contribution is 2.39. The van der Waals surface area contributed by atoms with E-state index in [4.69, 9.17) is 21.1 Å². The summed E-state index contributed by atoms with van der Waals surface area (Å²) in [6, 6.07) is 10.8. The van der Waals surface area contributed by atoms with Gasteiger partial charge >= 0.3 is 5.97 Å². The maximum atomic E-state index is 12.5. The average molecular weight is 527 g/mol. The standard InChI is InChI=1S/C21H17BrClNO6S/c1-28-16-8-12(9-17-20(26)24(21(27)31-17)10-18(25)29-2)7-14(22)19(16)30-11-13-5-3-4-6-15(13)23/h3-9H,10-11H2,1-2H3/b17-9-. The number of imide groups is 1. The maximum absolute atomic E-state index is 12.5. The Labute approximate surface area is 196 Å². The van der Waals surface area contributed by atoms with Crippen molar-refractivity contribution in [3.8, 4) is 11.5 Å². The molecule has 1 heterocycles. The van der Waals surface area contributed by atoms with Crippen LogP contribution in [0.2, 0.25) is 5.02 Å². The summed E-state index contributed by atoms with van der Waals surface area (Å²) in [6.45, 7) is -0.194. The number of halogens is 2. The zero-order chi connectivity index (χ0) is 22.5. The van der Waals surface area contributed by atoms with Gasteiger partial charge in [-0.1, -0.05) is 29.8 Å². The minimum absolute atomic E-state index is 0.188. The number of carbonyl (C=O) groups excluding carboxylic acids is 3. The molecule has 2 amide bonds. The van der Waals surface area contributed by atoms with E-state index in [0.717, 1.165) is 22.2 Å². The number of methoxy groups -OCH3 is 2. The highest BCUT2D eigenvalue weighted by molar-refractivity contribution is 9.10. The van der Waals surface area contributed by atoms with E-state index in [1.165, 1.54) is 14.2 Å². The number of esters is 1. The molecular formula is C21H17BrClNO6S. The molecule has 162 valence electrons. The van der Waals surface area contributed by atoms with E-state index in [-0.39, 0.29) is 11.5 Å². The Morgan fingerprint density at radius 3 is 2.65 bits per heavy atom. The van der Waals surface area contributed by atoms with Gasteiger partial charge < -0.3 is 14.2 Å².